The van der Waals surface area contributed by atoms with Crippen LogP contribution in [-0.4, -0.2) is 28.6 Å². The molecule has 236 valence electrons. The number of hydrogen-bond acceptors (Lipinski definition) is 4. The van der Waals surface area contributed by atoms with Gasteiger partial charge in [0.2, 0.25) is 11.8 Å². The summed E-state index contributed by atoms with van der Waals surface area (Å²) in [5, 5.41) is 13.3. The molecule has 2 N–H and O–H groups in total. The van der Waals surface area contributed by atoms with Gasteiger partial charge in [-0.3, -0.25) is 14.4 Å². The molecule has 1 aliphatic carbocycles. The molecule has 1 fully saturated rings. The van der Waals surface area contributed by atoms with Gasteiger partial charge in [-0.25, -0.2) is 13.2 Å². The molecule has 7 nitrogen and oxygen atoms in total. The van der Waals surface area contributed by atoms with Gasteiger partial charge in [-0.2, -0.15) is 18.4 Å². The predicted octanol–water partition coefficient (Wildman–Crippen LogP) is 7.82. The van der Waals surface area contributed by atoms with Crippen LogP contribution in [-0.2, 0) is 15.8 Å². The summed E-state index contributed by atoms with van der Waals surface area (Å²) in [6.07, 6.45) is -5.65. The van der Waals surface area contributed by atoms with E-state index in [4.69, 9.17) is 40.1 Å². The lowest BCUT2D eigenvalue weighted by atomic mass is 10.0. The van der Waals surface area contributed by atoms with E-state index in [9.17, 15) is 36.3 Å². The molecule has 2 atom stereocenters. The first kappa shape index (κ1) is 33.9. The number of carbonyl (C=O) groups excluding carboxylic acids is 3. The van der Waals surface area contributed by atoms with Crippen molar-refractivity contribution in [2.75, 3.05) is 22.1 Å². The van der Waals surface area contributed by atoms with Crippen molar-refractivity contribution in [1.82, 2.24) is 0 Å². The number of alkyl halides is 5. The van der Waals surface area contributed by atoms with Gasteiger partial charge < -0.3 is 15.5 Å². The quantitative estimate of drug-likeness (QED) is 0.186. The molecule has 0 aromatic heterocycles. The molecular formula is C29H19Cl3F6N4O3. The van der Waals surface area contributed by atoms with Gasteiger partial charge in [-0.1, -0.05) is 17.7 Å². The summed E-state index contributed by atoms with van der Waals surface area (Å²) in [4.78, 5) is 39.0. The molecule has 0 unspecified atom stereocenters. The first-order chi connectivity index (χ1) is 21.0. The third kappa shape index (κ3) is 6.83. The summed E-state index contributed by atoms with van der Waals surface area (Å²) in [6.45, 7) is 1.25. The Hall–Kier alpha value is -3.99. The Labute approximate surface area is 266 Å². The SMILES string of the molecule is CCN(C(=O)CC#N)c1c(F)ccc(NC(=O)c2cc(NC(=O)[C@H]3[C@H](c4ccc(F)c(C(F)(F)F)c4)C3(Cl)Cl)ccc2Cl)c1F. The van der Waals surface area contributed by atoms with Crippen molar-refractivity contribution in [3.63, 3.8) is 0 Å². The summed E-state index contributed by atoms with van der Waals surface area (Å²) in [6, 6.07) is 9.07. The van der Waals surface area contributed by atoms with Crippen molar-refractivity contribution < 1.29 is 40.7 Å². The zero-order valence-electron chi connectivity index (χ0n) is 22.7. The Morgan fingerprint density at radius 1 is 1.00 bits per heavy atom. The van der Waals surface area contributed by atoms with E-state index in [2.05, 4.69) is 10.6 Å². The highest BCUT2D eigenvalue weighted by molar-refractivity contribution is 6.53. The van der Waals surface area contributed by atoms with E-state index in [1.54, 1.807) is 6.07 Å². The summed E-state index contributed by atoms with van der Waals surface area (Å²) >= 11 is 18.6. The molecule has 0 radical (unpaired) electrons. The summed E-state index contributed by atoms with van der Waals surface area (Å²) < 4.78 is 81.4. The summed E-state index contributed by atoms with van der Waals surface area (Å²) in [7, 11) is 0. The van der Waals surface area contributed by atoms with Gasteiger partial charge in [0.25, 0.3) is 5.91 Å². The molecule has 3 amide bonds. The van der Waals surface area contributed by atoms with Gasteiger partial charge in [0, 0.05) is 18.2 Å². The second kappa shape index (κ2) is 12.8. The molecule has 3 aromatic carbocycles. The largest absolute Gasteiger partial charge is 0.419 e. The number of halogens is 9. The van der Waals surface area contributed by atoms with Crippen LogP contribution < -0.4 is 15.5 Å². The minimum absolute atomic E-state index is 0.0288. The monoisotopic (exact) mass is 690 g/mol. The van der Waals surface area contributed by atoms with Crippen molar-refractivity contribution in [1.29, 1.82) is 5.26 Å². The van der Waals surface area contributed by atoms with E-state index < -0.39 is 80.9 Å². The second-order valence-electron chi connectivity index (χ2n) is 9.74. The fourth-order valence-electron chi connectivity index (χ4n) is 4.72. The molecule has 0 spiro atoms. The summed E-state index contributed by atoms with van der Waals surface area (Å²) in [5.41, 5.74) is -3.30. The maximum Gasteiger partial charge on any atom is 0.419 e. The van der Waals surface area contributed by atoms with E-state index in [-0.39, 0.29) is 28.4 Å². The molecule has 0 aliphatic heterocycles. The lowest BCUT2D eigenvalue weighted by Gasteiger charge is -2.22. The van der Waals surface area contributed by atoms with E-state index in [1.165, 1.54) is 19.1 Å². The number of nitriles is 1. The molecule has 1 saturated carbocycles. The standard InChI is InChI=1S/C29H19Cl3F6N4O3/c1-2-42(21(43)9-10-39)25-19(34)7-8-20(24(25)35)41-26(44)15-12-14(4-5-17(15)30)40-27(45)23-22(28(23,31)32)13-3-6-18(33)16(11-13)29(36,37)38/h3-8,11-12,22-23H,2,9H2,1H3,(H,40,45)(H,41,44)/t22-,23+/m0/s1. The van der Waals surface area contributed by atoms with Crippen molar-refractivity contribution >= 4 is 69.6 Å². The molecule has 45 heavy (non-hydrogen) atoms. The predicted molar refractivity (Wildman–Crippen MR) is 155 cm³/mol. The zero-order chi connectivity index (χ0) is 33.4. The van der Waals surface area contributed by atoms with Crippen LogP contribution in [0.5, 0.6) is 0 Å². The lowest BCUT2D eigenvalue weighted by molar-refractivity contribution is -0.140. The highest BCUT2D eigenvalue weighted by atomic mass is 35.5. The molecule has 0 bridgehead atoms. The van der Waals surface area contributed by atoms with Crippen molar-refractivity contribution in [3.8, 4) is 6.07 Å². The molecule has 16 heteroatoms. The normalized spacial score (nSPS) is 16.8. The van der Waals surface area contributed by atoms with Gasteiger partial charge >= 0.3 is 6.18 Å². The maximum atomic E-state index is 15.3. The number of nitrogens with one attached hydrogen (secondary N) is 2. The Kier molecular flexibility index (Phi) is 9.63. The zero-order valence-corrected chi connectivity index (χ0v) is 25.0. The van der Waals surface area contributed by atoms with Crippen LogP contribution in [0.2, 0.25) is 5.02 Å². The van der Waals surface area contributed by atoms with E-state index in [1.807, 2.05) is 0 Å². The Balaban J connectivity index is 1.55. The minimum atomic E-state index is -5.00. The first-order valence-electron chi connectivity index (χ1n) is 12.8. The van der Waals surface area contributed by atoms with E-state index in [0.717, 1.165) is 24.3 Å². The number of rotatable bonds is 8. The van der Waals surface area contributed by atoms with Crippen molar-refractivity contribution in [3.05, 3.63) is 87.7 Å². The van der Waals surface area contributed by atoms with Crippen molar-refractivity contribution in [2.24, 2.45) is 5.92 Å². The molecule has 0 saturated heterocycles. The number of carbonyl (C=O) groups is 3. The molecule has 3 aromatic rings. The number of anilines is 3. The van der Waals surface area contributed by atoms with Crippen LogP contribution in [0.4, 0.5) is 43.4 Å². The van der Waals surface area contributed by atoms with E-state index >= 15 is 4.39 Å². The van der Waals surface area contributed by atoms with Gasteiger partial charge in [0.1, 0.15) is 28.1 Å². The molecular weight excluding hydrogens is 673 g/mol. The molecule has 1 aliphatic rings. The second-order valence-corrected chi connectivity index (χ2v) is 11.6. The lowest BCUT2D eigenvalue weighted by Crippen LogP contribution is -2.32. The topological polar surface area (TPSA) is 102 Å². The van der Waals surface area contributed by atoms with Crippen LogP contribution >= 0.6 is 34.8 Å². The van der Waals surface area contributed by atoms with Crippen LogP contribution in [0, 0.1) is 34.7 Å². The highest BCUT2D eigenvalue weighted by Crippen LogP contribution is 2.65. The fraction of sp³-hybridized carbons (Fsp3) is 0.241. The molecule has 4 rings (SSSR count). The Morgan fingerprint density at radius 2 is 1.67 bits per heavy atom. The average molecular weight is 692 g/mol. The van der Waals surface area contributed by atoms with Crippen molar-refractivity contribution in [2.45, 2.75) is 29.8 Å². The third-order valence-electron chi connectivity index (χ3n) is 6.90. The smallest absolute Gasteiger partial charge is 0.326 e. The average Bonchev–Trinajstić information content (AvgIpc) is 3.54. The Bertz CT molecular complexity index is 1750. The van der Waals surface area contributed by atoms with Crippen LogP contribution in [0.1, 0.15) is 40.7 Å². The van der Waals surface area contributed by atoms with Gasteiger partial charge in [0.05, 0.1) is 33.8 Å². The van der Waals surface area contributed by atoms with E-state index in [0.29, 0.717) is 17.0 Å². The number of nitrogens with zero attached hydrogens (tertiary/aromatic N) is 2. The Morgan fingerprint density at radius 3 is 2.29 bits per heavy atom. The first-order valence-corrected chi connectivity index (χ1v) is 14.0. The molecule has 0 heterocycles. The number of hydrogen-bond donors (Lipinski definition) is 2. The highest BCUT2D eigenvalue weighted by Gasteiger charge is 2.67. The number of benzene rings is 3. The van der Waals surface area contributed by atoms with Gasteiger partial charge in [-0.05, 0) is 55.0 Å². The van der Waals surface area contributed by atoms with Crippen LogP contribution in [0.15, 0.2) is 48.5 Å². The maximum absolute atomic E-state index is 15.3. The van der Waals surface area contributed by atoms with Gasteiger partial charge in [-0.15, -0.1) is 23.2 Å². The third-order valence-corrected chi connectivity index (χ3v) is 8.17. The van der Waals surface area contributed by atoms with Crippen LogP contribution in [0.3, 0.4) is 0 Å². The minimum Gasteiger partial charge on any atom is -0.326 e. The summed E-state index contributed by atoms with van der Waals surface area (Å²) in [5.74, 6) is -9.04. The van der Waals surface area contributed by atoms with Crippen LogP contribution in [0.25, 0.3) is 0 Å². The van der Waals surface area contributed by atoms with Gasteiger partial charge in [0.15, 0.2) is 5.82 Å². The number of amides is 3. The fourth-order valence-corrected chi connectivity index (χ4v) is 5.75.